The van der Waals surface area contributed by atoms with Crippen molar-refractivity contribution in [2.75, 3.05) is 38.2 Å². The van der Waals surface area contributed by atoms with E-state index < -0.39 is 4.92 Å². The summed E-state index contributed by atoms with van der Waals surface area (Å²) in [5, 5.41) is 12.2. The van der Waals surface area contributed by atoms with Crippen molar-refractivity contribution < 1.29 is 14.5 Å². The lowest BCUT2D eigenvalue weighted by Gasteiger charge is -2.36. The van der Waals surface area contributed by atoms with Crippen LogP contribution in [-0.2, 0) is 0 Å². The Bertz CT molecular complexity index is 1170. The van der Waals surface area contributed by atoms with Crippen LogP contribution in [0.5, 0.6) is 5.75 Å². The maximum atomic E-state index is 13.0. The minimum atomic E-state index is -0.398. The number of piperazine rings is 1. The maximum absolute atomic E-state index is 13.0. The molecule has 1 amide bonds. The van der Waals surface area contributed by atoms with Gasteiger partial charge >= 0.3 is 0 Å². The molecule has 2 aromatic carbocycles. The number of methoxy groups -OCH3 is 1. The van der Waals surface area contributed by atoms with Gasteiger partial charge in [0.25, 0.3) is 11.6 Å². The number of hydrogen-bond donors (Lipinski definition) is 0. The average molecular weight is 420 g/mol. The summed E-state index contributed by atoms with van der Waals surface area (Å²) in [6.07, 6.45) is 0. The van der Waals surface area contributed by atoms with Gasteiger partial charge in [-0.3, -0.25) is 14.9 Å². The Morgan fingerprint density at radius 3 is 2.52 bits per heavy atom. The summed E-state index contributed by atoms with van der Waals surface area (Å²) < 4.78 is 5.34. The summed E-state index contributed by atoms with van der Waals surface area (Å²) in [5.41, 5.74) is 3.63. The minimum Gasteiger partial charge on any atom is -0.496 e. The quantitative estimate of drug-likeness (QED) is 0.472. The number of rotatable bonds is 4. The first-order valence-electron chi connectivity index (χ1n) is 10.1. The molecule has 0 radical (unpaired) electrons. The number of non-ortho nitro benzene ring substituents is 1. The summed E-state index contributed by atoms with van der Waals surface area (Å²) in [6.45, 7) is 6.17. The summed E-state index contributed by atoms with van der Waals surface area (Å²) in [7, 11) is 1.60. The lowest BCUT2D eigenvalue weighted by Crippen LogP contribution is -2.48. The summed E-state index contributed by atoms with van der Waals surface area (Å²) in [6, 6.07) is 12.5. The molecule has 8 heteroatoms. The number of anilines is 1. The highest BCUT2D eigenvalue weighted by molar-refractivity contribution is 5.98. The molecule has 3 aromatic rings. The van der Waals surface area contributed by atoms with Gasteiger partial charge in [-0.1, -0.05) is 18.2 Å². The number of aromatic nitrogens is 1. The maximum Gasteiger partial charge on any atom is 0.295 e. The SMILES string of the molecule is COc1cc(C(=O)N2CCN(c3cc(C)nc4c([N+](=O)[O-])cccc34)CC2)ccc1C. The molecule has 1 aliphatic rings. The number of para-hydroxylation sites is 1. The van der Waals surface area contributed by atoms with E-state index in [1.165, 1.54) is 6.07 Å². The highest BCUT2D eigenvalue weighted by Gasteiger charge is 2.25. The van der Waals surface area contributed by atoms with E-state index in [4.69, 9.17) is 4.74 Å². The number of nitrogens with zero attached hydrogens (tertiary/aromatic N) is 4. The van der Waals surface area contributed by atoms with Crippen LogP contribution < -0.4 is 9.64 Å². The fourth-order valence-electron chi connectivity index (χ4n) is 4.03. The van der Waals surface area contributed by atoms with Crippen molar-refractivity contribution in [3.05, 3.63) is 69.4 Å². The van der Waals surface area contributed by atoms with E-state index in [0.717, 1.165) is 22.3 Å². The molecule has 0 unspecified atom stereocenters. The Balaban J connectivity index is 1.57. The van der Waals surface area contributed by atoms with E-state index in [-0.39, 0.29) is 11.6 Å². The van der Waals surface area contributed by atoms with E-state index in [2.05, 4.69) is 9.88 Å². The van der Waals surface area contributed by atoms with Gasteiger partial charge < -0.3 is 14.5 Å². The second-order valence-electron chi connectivity index (χ2n) is 7.68. The molecule has 0 bridgehead atoms. The van der Waals surface area contributed by atoms with Crippen molar-refractivity contribution in [1.29, 1.82) is 0 Å². The number of aryl methyl sites for hydroxylation is 2. The highest BCUT2D eigenvalue weighted by atomic mass is 16.6. The van der Waals surface area contributed by atoms with Gasteiger partial charge in [-0.25, -0.2) is 4.98 Å². The van der Waals surface area contributed by atoms with Gasteiger partial charge in [-0.15, -0.1) is 0 Å². The van der Waals surface area contributed by atoms with Crippen LogP contribution in [0.2, 0.25) is 0 Å². The normalized spacial score (nSPS) is 14.0. The van der Waals surface area contributed by atoms with E-state index in [1.54, 1.807) is 19.2 Å². The third-order valence-corrected chi connectivity index (χ3v) is 5.68. The first-order valence-corrected chi connectivity index (χ1v) is 10.1. The zero-order valence-electron chi connectivity index (χ0n) is 17.8. The van der Waals surface area contributed by atoms with Gasteiger partial charge in [0.1, 0.15) is 5.75 Å². The molecule has 4 rings (SSSR count). The Labute approximate surface area is 180 Å². The lowest BCUT2D eigenvalue weighted by molar-refractivity contribution is -0.383. The molecular formula is C23H24N4O4. The van der Waals surface area contributed by atoms with Crippen LogP contribution in [0.1, 0.15) is 21.6 Å². The van der Waals surface area contributed by atoms with Crippen LogP contribution >= 0.6 is 0 Å². The molecular weight excluding hydrogens is 396 g/mol. The van der Waals surface area contributed by atoms with Gasteiger partial charge in [0.15, 0.2) is 5.52 Å². The predicted octanol–water partition coefficient (Wildman–Crippen LogP) is 3.73. The molecule has 1 aliphatic heterocycles. The molecule has 160 valence electrons. The molecule has 0 atom stereocenters. The molecule has 0 aliphatic carbocycles. The number of carbonyl (C=O) groups is 1. The van der Waals surface area contributed by atoms with Crippen LogP contribution in [0.25, 0.3) is 10.9 Å². The molecule has 31 heavy (non-hydrogen) atoms. The van der Waals surface area contributed by atoms with Crippen LogP contribution in [0, 0.1) is 24.0 Å². The van der Waals surface area contributed by atoms with Crippen LogP contribution in [0.4, 0.5) is 11.4 Å². The molecule has 1 fully saturated rings. The van der Waals surface area contributed by atoms with Crippen molar-refractivity contribution in [2.45, 2.75) is 13.8 Å². The first-order chi connectivity index (χ1) is 14.9. The fraction of sp³-hybridized carbons (Fsp3) is 0.304. The van der Waals surface area contributed by atoms with Crippen molar-refractivity contribution >= 4 is 28.2 Å². The highest BCUT2D eigenvalue weighted by Crippen LogP contribution is 2.32. The number of hydrogen-bond acceptors (Lipinski definition) is 6. The number of fused-ring (bicyclic) bond motifs is 1. The Hall–Kier alpha value is -3.68. The second kappa shape index (κ2) is 8.22. The Morgan fingerprint density at radius 1 is 1.10 bits per heavy atom. The van der Waals surface area contributed by atoms with Crippen LogP contribution in [0.3, 0.4) is 0 Å². The van der Waals surface area contributed by atoms with E-state index in [0.29, 0.717) is 43.0 Å². The molecule has 8 nitrogen and oxygen atoms in total. The van der Waals surface area contributed by atoms with Crippen molar-refractivity contribution in [2.24, 2.45) is 0 Å². The zero-order chi connectivity index (χ0) is 22.1. The number of nitro benzene ring substituents is 1. The topological polar surface area (TPSA) is 88.8 Å². The summed E-state index contributed by atoms with van der Waals surface area (Å²) in [5.74, 6) is 0.675. The standard InChI is InChI=1S/C23H24N4O4/c1-15-7-8-17(14-21(15)31-3)23(28)26-11-9-25(10-12-26)20-13-16(2)24-22-18(20)5-4-6-19(22)27(29)30/h4-8,13-14H,9-12H2,1-3H3. The molecule has 0 saturated carbocycles. The van der Waals surface area contributed by atoms with Gasteiger partial charge in [0.2, 0.25) is 0 Å². The van der Waals surface area contributed by atoms with Gasteiger partial charge in [0, 0.05) is 54.6 Å². The monoisotopic (exact) mass is 420 g/mol. The van der Waals surface area contributed by atoms with Crippen LogP contribution in [0.15, 0.2) is 42.5 Å². The zero-order valence-corrected chi connectivity index (χ0v) is 17.8. The number of benzene rings is 2. The molecule has 2 heterocycles. The third-order valence-electron chi connectivity index (χ3n) is 5.68. The molecule has 1 aromatic heterocycles. The largest absolute Gasteiger partial charge is 0.496 e. The third kappa shape index (κ3) is 3.88. The average Bonchev–Trinajstić information content (AvgIpc) is 2.78. The van der Waals surface area contributed by atoms with Crippen molar-refractivity contribution in [1.82, 2.24) is 9.88 Å². The first kappa shape index (κ1) is 20.6. The van der Waals surface area contributed by atoms with E-state index in [9.17, 15) is 14.9 Å². The summed E-state index contributed by atoms with van der Waals surface area (Å²) >= 11 is 0. The Morgan fingerprint density at radius 2 is 1.84 bits per heavy atom. The molecule has 1 saturated heterocycles. The van der Waals surface area contributed by atoms with Gasteiger partial charge in [0.05, 0.1) is 12.0 Å². The molecule has 0 spiro atoms. The van der Waals surface area contributed by atoms with Gasteiger partial charge in [-0.05, 0) is 37.6 Å². The van der Waals surface area contributed by atoms with E-state index >= 15 is 0 Å². The number of ether oxygens (including phenoxy) is 1. The predicted molar refractivity (Wildman–Crippen MR) is 119 cm³/mol. The van der Waals surface area contributed by atoms with Crippen molar-refractivity contribution in [3.8, 4) is 5.75 Å². The van der Waals surface area contributed by atoms with Crippen molar-refractivity contribution in [3.63, 3.8) is 0 Å². The van der Waals surface area contributed by atoms with Gasteiger partial charge in [-0.2, -0.15) is 0 Å². The number of amides is 1. The number of nitro groups is 1. The fourth-order valence-corrected chi connectivity index (χ4v) is 4.03. The minimum absolute atomic E-state index is 0.00424. The smallest absolute Gasteiger partial charge is 0.295 e. The molecule has 0 N–H and O–H groups in total. The number of pyridine rings is 1. The van der Waals surface area contributed by atoms with E-state index in [1.807, 2.05) is 43.0 Å². The Kier molecular flexibility index (Phi) is 5.46. The lowest BCUT2D eigenvalue weighted by atomic mass is 10.1. The number of carbonyl (C=O) groups excluding carboxylic acids is 1. The second-order valence-corrected chi connectivity index (χ2v) is 7.68. The summed E-state index contributed by atoms with van der Waals surface area (Å²) in [4.78, 5) is 32.4. The van der Waals surface area contributed by atoms with Crippen LogP contribution in [-0.4, -0.2) is 54.0 Å².